The SMILES string of the molecule is CC(C)(C)C(CCC(=O)[O-])(CCC(=O)[O-])CCC(=O)[O-].[Na+].[Na+].[Na+]. The Bertz CT molecular complexity index is 334. The Labute approximate surface area is 204 Å². The van der Waals surface area contributed by atoms with Gasteiger partial charge in [0.1, 0.15) is 0 Å². The molecule has 0 unspecified atom stereocenters. The van der Waals surface area contributed by atoms with Crippen molar-refractivity contribution in [1.29, 1.82) is 0 Å². The predicted molar refractivity (Wildman–Crippen MR) is 64.6 cm³/mol. The molecule has 0 aliphatic carbocycles. The Hall–Kier alpha value is 1.41. The van der Waals surface area contributed by atoms with Crippen molar-refractivity contribution in [3.05, 3.63) is 0 Å². The third kappa shape index (κ3) is 13.3. The van der Waals surface area contributed by atoms with Crippen molar-refractivity contribution >= 4 is 17.9 Å². The molecule has 23 heavy (non-hydrogen) atoms. The third-order valence-electron chi connectivity index (χ3n) is 4.01. The van der Waals surface area contributed by atoms with E-state index in [2.05, 4.69) is 0 Å². The van der Waals surface area contributed by atoms with Gasteiger partial charge in [-0.1, -0.05) is 20.8 Å². The first-order valence-corrected chi connectivity index (χ1v) is 6.60. The number of carbonyl (C=O) groups excluding carboxylic acids is 3. The molecular formula is C14H21Na3O6. The van der Waals surface area contributed by atoms with Gasteiger partial charge in [0.2, 0.25) is 0 Å². The van der Waals surface area contributed by atoms with Crippen LogP contribution in [0, 0.1) is 10.8 Å². The second-order valence-corrected chi connectivity index (χ2v) is 6.15. The number of hydrogen-bond acceptors (Lipinski definition) is 6. The van der Waals surface area contributed by atoms with Crippen molar-refractivity contribution in [2.75, 3.05) is 0 Å². The molecule has 0 N–H and O–H groups in total. The van der Waals surface area contributed by atoms with Crippen molar-refractivity contribution in [2.45, 2.75) is 59.3 Å². The van der Waals surface area contributed by atoms with E-state index in [0.29, 0.717) is 0 Å². The van der Waals surface area contributed by atoms with Gasteiger partial charge in [0.05, 0.1) is 0 Å². The van der Waals surface area contributed by atoms with Gasteiger partial charge in [0.15, 0.2) is 0 Å². The Morgan fingerprint density at radius 1 is 0.652 bits per heavy atom. The van der Waals surface area contributed by atoms with E-state index < -0.39 is 28.7 Å². The molecule has 6 nitrogen and oxygen atoms in total. The van der Waals surface area contributed by atoms with Crippen LogP contribution in [0.25, 0.3) is 0 Å². The van der Waals surface area contributed by atoms with Gasteiger partial charge in [-0.25, -0.2) is 0 Å². The smallest absolute Gasteiger partial charge is 0.550 e. The van der Waals surface area contributed by atoms with E-state index in [0.717, 1.165) is 0 Å². The molecule has 0 fully saturated rings. The number of hydrogen-bond donors (Lipinski definition) is 0. The van der Waals surface area contributed by atoms with E-state index in [1.165, 1.54) is 0 Å². The van der Waals surface area contributed by atoms with Crippen LogP contribution < -0.4 is 104 Å². The fourth-order valence-corrected chi connectivity index (χ4v) is 2.52. The fourth-order valence-electron chi connectivity index (χ4n) is 2.52. The predicted octanol–water partition coefficient (Wildman–Crippen LogP) is -10.4. The molecule has 0 saturated heterocycles. The average Bonchev–Trinajstić information content (AvgIpc) is 2.25. The zero-order valence-corrected chi connectivity index (χ0v) is 21.2. The van der Waals surface area contributed by atoms with Gasteiger partial charge in [-0.05, 0) is 49.4 Å². The second-order valence-electron chi connectivity index (χ2n) is 6.15. The Morgan fingerprint density at radius 2 is 0.870 bits per heavy atom. The molecule has 0 aliphatic rings. The first-order valence-electron chi connectivity index (χ1n) is 6.60. The summed E-state index contributed by atoms with van der Waals surface area (Å²) in [6.45, 7) is 5.52. The van der Waals surface area contributed by atoms with Crippen LogP contribution in [0.15, 0.2) is 0 Å². The molecule has 9 heteroatoms. The van der Waals surface area contributed by atoms with E-state index in [1.54, 1.807) is 0 Å². The third-order valence-corrected chi connectivity index (χ3v) is 4.01. The minimum absolute atomic E-state index is 0. The van der Waals surface area contributed by atoms with E-state index in [-0.39, 0.29) is 127 Å². The van der Waals surface area contributed by atoms with Gasteiger partial charge in [0.25, 0.3) is 0 Å². The Balaban J connectivity index is -0.000000602. The van der Waals surface area contributed by atoms with Crippen molar-refractivity contribution in [3.63, 3.8) is 0 Å². The summed E-state index contributed by atoms with van der Waals surface area (Å²) in [4.78, 5) is 32.0. The monoisotopic (exact) mass is 354 g/mol. The first kappa shape index (κ1) is 32.1. The fraction of sp³-hybridized carbons (Fsp3) is 0.786. The van der Waals surface area contributed by atoms with E-state index in [4.69, 9.17) is 0 Å². The molecule has 0 saturated carbocycles. The van der Waals surface area contributed by atoms with Crippen LogP contribution in [0.3, 0.4) is 0 Å². The molecule has 0 aromatic rings. The van der Waals surface area contributed by atoms with E-state index in [9.17, 15) is 29.7 Å². The van der Waals surface area contributed by atoms with Gasteiger partial charge in [-0.15, -0.1) is 0 Å². The summed E-state index contributed by atoms with van der Waals surface area (Å²) >= 11 is 0. The number of carboxylic acid groups (broad SMARTS) is 3. The molecule has 0 aromatic carbocycles. The molecule has 0 rings (SSSR count). The number of aliphatic carboxylic acids is 3. The molecule has 0 amide bonds. The van der Waals surface area contributed by atoms with Crippen LogP contribution in [-0.2, 0) is 14.4 Å². The van der Waals surface area contributed by atoms with Crippen LogP contribution >= 0.6 is 0 Å². The van der Waals surface area contributed by atoms with Gasteiger partial charge in [-0.3, -0.25) is 0 Å². The largest absolute Gasteiger partial charge is 1.00 e. The van der Waals surface area contributed by atoms with E-state index >= 15 is 0 Å². The van der Waals surface area contributed by atoms with Crippen LogP contribution in [-0.4, -0.2) is 17.9 Å². The minimum atomic E-state index is -1.24. The molecule has 0 aliphatic heterocycles. The number of rotatable bonds is 9. The van der Waals surface area contributed by atoms with Gasteiger partial charge < -0.3 is 29.7 Å². The molecule has 0 aromatic heterocycles. The van der Waals surface area contributed by atoms with Crippen LogP contribution in [0.5, 0.6) is 0 Å². The summed E-state index contributed by atoms with van der Waals surface area (Å²) < 4.78 is 0. The van der Waals surface area contributed by atoms with Crippen molar-refractivity contribution in [3.8, 4) is 0 Å². The zero-order chi connectivity index (χ0) is 16.0. The van der Waals surface area contributed by atoms with Crippen molar-refractivity contribution in [1.82, 2.24) is 0 Å². The zero-order valence-electron chi connectivity index (χ0n) is 15.2. The maximum absolute atomic E-state index is 10.7. The summed E-state index contributed by atoms with van der Waals surface area (Å²) in [7, 11) is 0. The molecule has 0 spiro atoms. The van der Waals surface area contributed by atoms with Gasteiger partial charge >= 0.3 is 88.7 Å². The van der Waals surface area contributed by atoms with Crippen LogP contribution in [0.4, 0.5) is 0 Å². The Morgan fingerprint density at radius 3 is 1.00 bits per heavy atom. The molecular weight excluding hydrogens is 333 g/mol. The van der Waals surface area contributed by atoms with Crippen molar-refractivity contribution in [2.24, 2.45) is 10.8 Å². The van der Waals surface area contributed by atoms with Crippen LogP contribution in [0.1, 0.15) is 59.3 Å². The topological polar surface area (TPSA) is 120 Å². The molecule has 0 bridgehead atoms. The number of carbonyl (C=O) groups is 3. The summed E-state index contributed by atoms with van der Waals surface area (Å²) in [5.74, 6) is -3.71. The van der Waals surface area contributed by atoms with Gasteiger partial charge in [0, 0.05) is 17.9 Å². The van der Waals surface area contributed by atoms with Crippen molar-refractivity contribution < 1.29 is 118 Å². The normalized spacial score (nSPS) is 10.6. The maximum atomic E-state index is 10.7. The molecule has 116 valence electrons. The van der Waals surface area contributed by atoms with Crippen LogP contribution in [0.2, 0.25) is 0 Å². The number of carboxylic acids is 3. The summed E-state index contributed by atoms with van der Waals surface area (Å²) in [5, 5.41) is 32.0. The van der Waals surface area contributed by atoms with Gasteiger partial charge in [-0.2, -0.15) is 0 Å². The quantitative estimate of drug-likeness (QED) is 0.379. The molecule has 0 radical (unpaired) electrons. The average molecular weight is 354 g/mol. The standard InChI is InChI=1S/C14H24O6.3Na/c1-13(2,3)14(7-4-10(15)16,8-5-11(17)18)9-6-12(19)20;;;/h4-9H2,1-3H3,(H,15,16)(H,17,18)(H,19,20);;;/q;3*+1/p-3. The second kappa shape index (κ2) is 14.6. The molecule has 0 atom stereocenters. The summed E-state index contributed by atoms with van der Waals surface area (Å²) in [5.41, 5.74) is -1.18. The maximum Gasteiger partial charge on any atom is 1.00 e. The Kier molecular flexibility index (Phi) is 20.3. The minimum Gasteiger partial charge on any atom is -0.550 e. The molecule has 0 heterocycles. The summed E-state index contributed by atoms with van der Waals surface area (Å²) in [6.07, 6.45) is -0.218. The first-order chi connectivity index (χ1) is 9.00. The van der Waals surface area contributed by atoms with E-state index in [1.807, 2.05) is 20.8 Å². The summed E-state index contributed by atoms with van der Waals surface area (Å²) in [6, 6.07) is 0.